The van der Waals surface area contributed by atoms with Crippen LogP contribution in [-0.2, 0) is 12.5 Å². The van der Waals surface area contributed by atoms with Crippen LogP contribution in [0, 0.1) is 0 Å². The Morgan fingerprint density at radius 3 is 2.25 bits per heavy atom. The van der Waals surface area contributed by atoms with Crippen LogP contribution in [0.15, 0.2) is 0 Å². The molecule has 12 heavy (non-hydrogen) atoms. The minimum Gasteiger partial charge on any atom is -0.372 e. The highest BCUT2D eigenvalue weighted by Gasteiger charge is 2.22. The van der Waals surface area contributed by atoms with Gasteiger partial charge in [-0.1, -0.05) is 26.0 Å². The van der Waals surface area contributed by atoms with Crippen LogP contribution in [0.2, 0.25) is 0 Å². The smallest absolute Gasteiger partial charge is 0.148 e. The molecule has 1 N–H and O–H groups in total. The number of hydrogen-bond donors (Lipinski definition) is 1. The number of rotatable bonds is 1. The number of nitrogens with zero attached hydrogens (tertiary/aromatic N) is 3. The first-order valence-electron chi connectivity index (χ1n) is 4.04. The van der Waals surface area contributed by atoms with E-state index in [1.807, 2.05) is 14.1 Å². The third-order valence-corrected chi connectivity index (χ3v) is 1.77. The van der Waals surface area contributed by atoms with E-state index in [1.54, 1.807) is 4.68 Å². The van der Waals surface area contributed by atoms with Gasteiger partial charge in [0.1, 0.15) is 11.5 Å². The Labute approximate surface area is 73.0 Å². The van der Waals surface area contributed by atoms with Gasteiger partial charge in [0.25, 0.3) is 0 Å². The molecule has 0 spiro atoms. The second-order valence-electron chi connectivity index (χ2n) is 3.91. The molecule has 1 aromatic heterocycles. The highest BCUT2D eigenvalue weighted by molar-refractivity contribution is 5.42. The van der Waals surface area contributed by atoms with Crippen molar-refractivity contribution in [3.8, 4) is 0 Å². The molecule has 1 heterocycles. The normalized spacial score (nSPS) is 11.8. The molecule has 1 rings (SSSR count). The third-order valence-electron chi connectivity index (χ3n) is 1.77. The highest BCUT2D eigenvalue weighted by Crippen LogP contribution is 2.25. The van der Waals surface area contributed by atoms with E-state index in [9.17, 15) is 0 Å². The summed E-state index contributed by atoms with van der Waals surface area (Å²) in [6, 6.07) is 0. The van der Waals surface area contributed by atoms with Crippen LogP contribution < -0.4 is 5.32 Å². The van der Waals surface area contributed by atoms with E-state index >= 15 is 0 Å². The number of aryl methyl sites for hydroxylation is 1. The number of nitrogens with one attached hydrogen (secondary N) is 1. The van der Waals surface area contributed by atoms with Gasteiger partial charge in [0.2, 0.25) is 0 Å². The Bertz CT molecular complexity index is 269. The van der Waals surface area contributed by atoms with Crippen LogP contribution >= 0.6 is 0 Å². The Morgan fingerprint density at radius 1 is 1.33 bits per heavy atom. The summed E-state index contributed by atoms with van der Waals surface area (Å²) in [5.41, 5.74) is 1.06. The predicted octanol–water partition coefficient (Wildman–Crippen LogP) is 1.15. The molecule has 0 saturated carbocycles. The Hall–Kier alpha value is -1.06. The van der Waals surface area contributed by atoms with E-state index in [2.05, 4.69) is 36.4 Å². The summed E-state index contributed by atoms with van der Waals surface area (Å²) < 4.78 is 1.75. The van der Waals surface area contributed by atoms with E-state index in [0.717, 1.165) is 11.5 Å². The number of anilines is 1. The zero-order valence-corrected chi connectivity index (χ0v) is 8.34. The Balaban J connectivity index is 3.16. The predicted molar refractivity (Wildman–Crippen MR) is 49.2 cm³/mol. The maximum Gasteiger partial charge on any atom is 0.148 e. The first-order chi connectivity index (χ1) is 5.46. The summed E-state index contributed by atoms with van der Waals surface area (Å²) in [7, 11) is 3.77. The Kier molecular flexibility index (Phi) is 2.08. The minimum atomic E-state index is 0.0482. The van der Waals surface area contributed by atoms with Crippen LogP contribution in [0.25, 0.3) is 0 Å². The van der Waals surface area contributed by atoms with Crippen molar-refractivity contribution in [1.82, 2.24) is 15.0 Å². The van der Waals surface area contributed by atoms with Crippen molar-refractivity contribution in [2.45, 2.75) is 26.2 Å². The van der Waals surface area contributed by atoms with Crippen LogP contribution in [0.4, 0.5) is 5.82 Å². The fraction of sp³-hybridized carbons (Fsp3) is 0.750. The van der Waals surface area contributed by atoms with Gasteiger partial charge in [-0.05, 0) is 0 Å². The van der Waals surface area contributed by atoms with Crippen LogP contribution in [0.1, 0.15) is 26.5 Å². The van der Waals surface area contributed by atoms with Crippen molar-refractivity contribution < 1.29 is 0 Å². The Morgan fingerprint density at radius 2 is 1.92 bits per heavy atom. The summed E-state index contributed by atoms with van der Waals surface area (Å²) >= 11 is 0. The third kappa shape index (κ3) is 1.42. The average molecular weight is 168 g/mol. The van der Waals surface area contributed by atoms with Gasteiger partial charge in [-0.25, -0.2) is 4.68 Å². The van der Waals surface area contributed by atoms with E-state index in [4.69, 9.17) is 0 Å². The molecular weight excluding hydrogens is 152 g/mol. The largest absolute Gasteiger partial charge is 0.372 e. The minimum absolute atomic E-state index is 0.0482. The van der Waals surface area contributed by atoms with Crippen molar-refractivity contribution >= 4 is 5.82 Å². The zero-order valence-electron chi connectivity index (χ0n) is 8.34. The fourth-order valence-electron chi connectivity index (χ4n) is 1.14. The molecule has 0 atom stereocenters. The lowest BCUT2D eigenvalue weighted by molar-refractivity contribution is 0.568. The number of hydrogen-bond acceptors (Lipinski definition) is 3. The van der Waals surface area contributed by atoms with Crippen molar-refractivity contribution in [2.24, 2.45) is 7.05 Å². The molecule has 0 aromatic carbocycles. The molecule has 0 radical (unpaired) electrons. The number of aromatic nitrogens is 3. The molecule has 0 saturated heterocycles. The monoisotopic (exact) mass is 168 g/mol. The molecular formula is C8H16N4. The molecule has 0 aliphatic rings. The van der Waals surface area contributed by atoms with E-state index in [1.165, 1.54) is 0 Å². The van der Waals surface area contributed by atoms with Gasteiger partial charge in [0, 0.05) is 19.5 Å². The standard InChI is InChI=1S/C8H16N4/c1-8(2,3)6-7(9-4)12(5)11-10-6/h9H,1-5H3. The topological polar surface area (TPSA) is 42.7 Å². The zero-order chi connectivity index (χ0) is 9.35. The van der Waals surface area contributed by atoms with Crippen LogP contribution in [-0.4, -0.2) is 22.0 Å². The maximum atomic E-state index is 4.11. The van der Waals surface area contributed by atoms with Gasteiger partial charge >= 0.3 is 0 Å². The van der Waals surface area contributed by atoms with Crippen LogP contribution in [0.3, 0.4) is 0 Å². The molecule has 1 aromatic rings. The van der Waals surface area contributed by atoms with Gasteiger partial charge in [-0.15, -0.1) is 5.10 Å². The fourth-order valence-corrected chi connectivity index (χ4v) is 1.14. The molecule has 0 fully saturated rings. The second-order valence-corrected chi connectivity index (χ2v) is 3.91. The van der Waals surface area contributed by atoms with Crippen molar-refractivity contribution in [2.75, 3.05) is 12.4 Å². The molecule has 0 amide bonds. The van der Waals surface area contributed by atoms with E-state index in [0.29, 0.717) is 0 Å². The highest BCUT2D eigenvalue weighted by atomic mass is 15.4. The summed E-state index contributed by atoms with van der Waals surface area (Å²) in [5.74, 6) is 0.988. The lowest BCUT2D eigenvalue weighted by Gasteiger charge is -2.16. The summed E-state index contributed by atoms with van der Waals surface area (Å²) in [6.45, 7) is 6.37. The average Bonchev–Trinajstić information content (AvgIpc) is 2.29. The van der Waals surface area contributed by atoms with Crippen molar-refractivity contribution in [1.29, 1.82) is 0 Å². The summed E-state index contributed by atoms with van der Waals surface area (Å²) in [4.78, 5) is 0. The van der Waals surface area contributed by atoms with E-state index in [-0.39, 0.29) is 5.41 Å². The molecule has 68 valence electrons. The van der Waals surface area contributed by atoms with Gasteiger partial charge in [-0.2, -0.15) is 0 Å². The SMILES string of the molecule is CNc1c(C(C)(C)C)nnn1C. The van der Waals surface area contributed by atoms with Gasteiger partial charge in [0.15, 0.2) is 0 Å². The second kappa shape index (κ2) is 2.77. The summed E-state index contributed by atoms with van der Waals surface area (Å²) in [5, 5.41) is 11.2. The molecule has 0 aliphatic carbocycles. The first-order valence-corrected chi connectivity index (χ1v) is 4.04. The quantitative estimate of drug-likeness (QED) is 0.684. The maximum absolute atomic E-state index is 4.11. The molecule has 4 heteroatoms. The lowest BCUT2D eigenvalue weighted by Crippen LogP contribution is -2.14. The van der Waals surface area contributed by atoms with Crippen molar-refractivity contribution in [3.05, 3.63) is 5.69 Å². The van der Waals surface area contributed by atoms with Crippen LogP contribution in [0.5, 0.6) is 0 Å². The van der Waals surface area contributed by atoms with E-state index < -0.39 is 0 Å². The van der Waals surface area contributed by atoms with Gasteiger partial charge in [-0.3, -0.25) is 0 Å². The lowest BCUT2D eigenvalue weighted by atomic mass is 9.92. The molecule has 4 nitrogen and oxygen atoms in total. The van der Waals surface area contributed by atoms with Gasteiger partial charge in [0.05, 0.1) is 0 Å². The molecule has 0 aliphatic heterocycles. The molecule has 0 unspecified atom stereocenters. The first kappa shape index (κ1) is 9.03. The molecule has 0 bridgehead atoms. The summed E-state index contributed by atoms with van der Waals surface area (Å²) in [6.07, 6.45) is 0. The van der Waals surface area contributed by atoms with Gasteiger partial charge < -0.3 is 5.32 Å². The van der Waals surface area contributed by atoms with Crippen molar-refractivity contribution in [3.63, 3.8) is 0 Å².